The van der Waals surface area contributed by atoms with Crippen LogP contribution in [0.4, 0.5) is 25.0 Å². The van der Waals surface area contributed by atoms with Crippen molar-refractivity contribution in [2.75, 3.05) is 10.6 Å². The zero-order valence-electron chi connectivity index (χ0n) is 12.3. The van der Waals surface area contributed by atoms with Crippen LogP contribution in [0.5, 0.6) is 0 Å². The van der Waals surface area contributed by atoms with Crippen LogP contribution in [0.25, 0.3) is 5.69 Å². The Kier molecular flexibility index (Phi) is 4.45. The molecule has 2 amide bonds. The Hall–Kier alpha value is -3.30. The number of nitrogens with one attached hydrogen (secondary N) is 2. The number of carbonyl (C=O) groups excluding carboxylic acids is 1. The van der Waals surface area contributed by atoms with Gasteiger partial charge in [-0.05, 0) is 24.3 Å². The monoisotopic (exact) mass is 333 g/mol. The number of urea groups is 1. The molecule has 0 saturated carbocycles. The van der Waals surface area contributed by atoms with E-state index in [1.54, 1.807) is 36.7 Å². The van der Waals surface area contributed by atoms with Crippen LogP contribution in [0.2, 0.25) is 0 Å². The van der Waals surface area contributed by atoms with Crippen LogP contribution < -0.4 is 10.6 Å². The van der Waals surface area contributed by atoms with E-state index >= 15 is 0 Å². The number of alkyl halides is 2. The standard InChI is InChI=1S/C14H13F2N7O/c15-13(16)9-22-8-11(7-19-22)21-14(24)20-10-1-3-12(4-2-10)23-17-5-6-18-23/h1-8,13H,9H2,(H2,20,21,24). The molecule has 0 bridgehead atoms. The summed E-state index contributed by atoms with van der Waals surface area (Å²) in [5.74, 6) is 0. The molecule has 10 heteroatoms. The summed E-state index contributed by atoms with van der Waals surface area (Å²) in [7, 11) is 0. The van der Waals surface area contributed by atoms with Gasteiger partial charge >= 0.3 is 6.03 Å². The molecule has 0 saturated heterocycles. The molecule has 0 aliphatic carbocycles. The first kappa shape index (κ1) is 15.6. The van der Waals surface area contributed by atoms with Crippen molar-refractivity contribution in [3.63, 3.8) is 0 Å². The van der Waals surface area contributed by atoms with Crippen molar-refractivity contribution in [1.29, 1.82) is 0 Å². The predicted octanol–water partition coefficient (Wildman–Crippen LogP) is 2.37. The number of amides is 2. The summed E-state index contributed by atoms with van der Waals surface area (Å²) in [5.41, 5.74) is 1.63. The average Bonchev–Trinajstić information content (AvgIpc) is 3.19. The normalized spacial score (nSPS) is 10.8. The predicted molar refractivity (Wildman–Crippen MR) is 82.2 cm³/mol. The second kappa shape index (κ2) is 6.86. The van der Waals surface area contributed by atoms with Crippen LogP contribution in [0.1, 0.15) is 0 Å². The third-order valence-corrected chi connectivity index (χ3v) is 2.99. The smallest absolute Gasteiger partial charge is 0.308 e. The Morgan fingerprint density at radius 3 is 2.38 bits per heavy atom. The number of anilines is 2. The van der Waals surface area contributed by atoms with E-state index in [-0.39, 0.29) is 0 Å². The highest BCUT2D eigenvalue weighted by atomic mass is 19.3. The Bertz CT molecular complexity index is 799. The number of hydrogen-bond acceptors (Lipinski definition) is 4. The quantitative estimate of drug-likeness (QED) is 0.750. The number of halogens is 2. The van der Waals surface area contributed by atoms with Gasteiger partial charge in [0.05, 0.1) is 30.0 Å². The molecule has 0 atom stereocenters. The van der Waals surface area contributed by atoms with Gasteiger partial charge in [-0.2, -0.15) is 20.1 Å². The largest absolute Gasteiger partial charge is 0.323 e. The molecular weight excluding hydrogens is 320 g/mol. The molecule has 124 valence electrons. The maximum absolute atomic E-state index is 12.2. The van der Waals surface area contributed by atoms with Crippen molar-refractivity contribution in [2.45, 2.75) is 13.0 Å². The fourth-order valence-corrected chi connectivity index (χ4v) is 1.99. The fraction of sp³-hybridized carbons (Fsp3) is 0.143. The molecule has 3 aromatic rings. The van der Waals surface area contributed by atoms with Gasteiger partial charge in [0.15, 0.2) is 0 Å². The van der Waals surface area contributed by atoms with Crippen molar-refractivity contribution in [3.8, 4) is 5.69 Å². The van der Waals surface area contributed by atoms with Gasteiger partial charge in [0.2, 0.25) is 0 Å². The molecule has 3 rings (SSSR count). The Morgan fingerprint density at radius 1 is 1.04 bits per heavy atom. The summed E-state index contributed by atoms with van der Waals surface area (Å²) in [6.07, 6.45) is 3.25. The van der Waals surface area contributed by atoms with Gasteiger partial charge in [-0.25, -0.2) is 13.6 Å². The van der Waals surface area contributed by atoms with E-state index in [1.165, 1.54) is 17.2 Å². The van der Waals surface area contributed by atoms with Crippen molar-refractivity contribution in [2.24, 2.45) is 0 Å². The molecule has 0 unspecified atom stereocenters. The highest BCUT2D eigenvalue weighted by Gasteiger charge is 2.08. The van der Waals surface area contributed by atoms with E-state index in [1.807, 2.05) is 0 Å². The van der Waals surface area contributed by atoms with Crippen LogP contribution in [0, 0.1) is 0 Å². The zero-order chi connectivity index (χ0) is 16.9. The summed E-state index contributed by atoms with van der Waals surface area (Å²) in [6.45, 7) is -0.522. The Morgan fingerprint density at radius 2 is 1.71 bits per heavy atom. The van der Waals surface area contributed by atoms with Gasteiger partial charge in [0.25, 0.3) is 6.43 Å². The first-order valence-electron chi connectivity index (χ1n) is 6.95. The minimum Gasteiger partial charge on any atom is -0.308 e. The van der Waals surface area contributed by atoms with Crippen LogP contribution in [0.3, 0.4) is 0 Å². The highest BCUT2D eigenvalue weighted by molar-refractivity contribution is 5.99. The third-order valence-electron chi connectivity index (χ3n) is 2.99. The lowest BCUT2D eigenvalue weighted by Gasteiger charge is -2.07. The van der Waals surface area contributed by atoms with E-state index in [2.05, 4.69) is 25.9 Å². The number of rotatable bonds is 5. The van der Waals surface area contributed by atoms with Gasteiger partial charge in [0, 0.05) is 11.9 Å². The Balaban J connectivity index is 1.57. The molecule has 0 spiro atoms. The lowest BCUT2D eigenvalue weighted by Crippen LogP contribution is -2.19. The second-order valence-electron chi connectivity index (χ2n) is 4.79. The van der Waals surface area contributed by atoms with Crippen LogP contribution in [-0.4, -0.2) is 37.2 Å². The second-order valence-corrected chi connectivity index (χ2v) is 4.79. The molecule has 1 aromatic carbocycles. The van der Waals surface area contributed by atoms with E-state index in [0.29, 0.717) is 11.4 Å². The van der Waals surface area contributed by atoms with Crippen molar-refractivity contribution < 1.29 is 13.6 Å². The summed E-state index contributed by atoms with van der Waals surface area (Å²) in [5, 5.41) is 16.9. The minimum atomic E-state index is -2.51. The summed E-state index contributed by atoms with van der Waals surface area (Å²) in [4.78, 5) is 13.3. The average molecular weight is 333 g/mol. The van der Waals surface area contributed by atoms with Crippen molar-refractivity contribution in [3.05, 3.63) is 49.1 Å². The number of hydrogen-bond donors (Lipinski definition) is 2. The van der Waals surface area contributed by atoms with Crippen LogP contribution in [0.15, 0.2) is 49.1 Å². The molecule has 2 heterocycles. The zero-order valence-corrected chi connectivity index (χ0v) is 12.3. The molecular formula is C14H13F2N7O. The lowest BCUT2D eigenvalue weighted by atomic mass is 10.3. The van der Waals surface area contributed by atoms with Gasteiger partial charge in [-0.15, -0.1) is 0 Å². The van der Waals surface area contributed by atoms with E-state index in [0.717, 1.165) is 10.4 Å². The molecule has 0 radical (unpaired) electrons. The number of nitrogens with zero attached hydrogens (tertiary/aromatic N) is 5. The lowest BCUT2D eigenvalue weighted by molar-refractivity contribution is 0.122. The maximum Gasteiger partial charge on any atom is 0.323 e. The fourth-order valence-electron chi connectivity index (χ4n) is 1.99. The van der Waals surface area contributed by atoms with Crippen LogP contribution >= 0.6 is 0 Å². The number of benzene rings is 1. The topological polar surface area (TPSA) is 89.7 Å². The number of aromatic nitrogens is 5. The van der Waals surface area contributed by atoms with Crippen molar-refractivity contribution >= 4 is 17.4 Å². The molecule has 24 heavy (non-hydrogen) atoms. The number of carbonyl (C=O) groups is 1. The van der Waals surface area contributed by atoms with Gasteiger partial charge in [-0.1, -0.05) is 0 Å². The summed E-state index contributed by atoms with van der Waals surface area (Å²) >= 11 is 0. The van der Waals surface area contributed by atoms with E-state index in [4.69, 9.17) is 0 Å². The third kappa shape index (κ3) is 3.91. The van der Waals surface area contributed by atoms with E-state index in [9.17, 15) is 13.6 Å². The summed E-state index contributed by atoms with van der Waals surface area (Å²) < 4.78 is 25.5. The summed E-state index contributed by atoms with van der Waals surface area (Å²) in [6, 6.07) is 6.38. The molecule has 2 N–H and O–H groups in total. The maximum atomic E-state index is 12.2. The van der Waals surface area contributed by atoms with Gasteiger partial charge in [-0.3, -0.25) is 4.68 Å². The van der Waals surface area contributed by atoms with Gasteiger partial charge in [0.1, 0.15) is 6.54 Å². The molecule has 0 aliphatic heterocycles. The van der Waals surface area contributed by atoms with Crippen LogP contribution in [-0.2, 0) is 6.54 Å². The highest BCUT2D eigenvalue weighted by Crippen LogP contribution is 2.13. The minimum absolute atomic E-state index is 0.325. The molecule has 2 aromatic heterocycles. The van der Waals surface area contributed by atoms with Crippen molar-refractivity contribution in [1.82, 2.24) is 24.8 Å². The first-order valence-corrected chi connectivity index (χ1v) is 6.95. The SMILES string of the molecule is O=C(Nc1ccc(-n2nccn2)cc1)Nc1cnn(CC(F)F)c1. The Labute approximate surface area is 135 Å². The molecule has 8 nitrogen and oxygen atoms in total. The van der Waals surface area contributed by atoms with E-state index < -0.39 is 19.0 Å². The van der Waals surface area contributed by atoms with Gasteiger partial charge < -0.3 is 10.6 Å². The molecule has 0 fully saturated rings. The first-order chi connectivity index (χ1) is 11.6. The molecule has 0 aliphatic rings.